The number of hydrogen-bond acceptors (Lipinski definition) is 1. The number of carbonyl (C=O) groups excluding carboxylic acids is 1. The summed E-state index contributed by atoms with van der Waals surface area (Å²) >= 11 is 0. The van der Waals surface area contributed by atoms with Crippen LogP contribution in [0.15, 0.2) is 42.5 Å². The second-order valence-corrected chi connectivity index (χ2v) is 4.87. The summed E-state index contributed by atoms with van der Waals surface area (Å²) in [6.45, 7) is 8.34. The molecule has 0 aliphatic carbocycles. The Labute approximate surface area is 110 Å². The lowest BCUT2D eigenvalue weighted by molar-refractivity contribution is -0.110. The summed E-state index contributed by atoms with van der Waals surface area (Å²) in [4.78, 5) is 10.7. The highest BCUT2D eigenvalue weighted by Crippen LogP contribution is 2.18. The normalized spacial score (nSPS) is 13.7. The third-order valence-electron chi connectivity index (χ3n) is 3.38. The Bertz CT molecular complexity index is 372. The third-order valence-corrected chi connectivity index (χ3v) is 3.38. The molecule has 1 aromatic rings. The zero-order valence-corrected chi connectivity index (χ0v) is 11.4. The first-order chi connectivity index (χ1) is 8.67. The SMILES string of the molecule is C=C(CC)C[C@H](C)C(Cc1ccccc1)NC=O. The standard InChI is InChI=1S/C16H23NO/c1-4-13(2)10-14(3)16(17-12-18)11-15-8-6-5-7-9-15/h5-9,12,14,16H,2,4,10-11H2,1,3H3,(H,17,18)/t14-,16?/m0/s1. The molecule has 0 saturated carbocycles. The van der Waals surface area contributed by atoms with Crippen molar-refractivity contribution in [1.29, 1.82) is 0 Å². The van der Waals surface area contributed by atoms with E-state index in [1.165, 1.54) is 11.1 Å². The number of nitrogens with one attached hydrogen (secondary N) is 1. The van der Waals surface area contributed by atoms with Gasteiger partial charge in [-0.25, -0.2) is 0 Å². The lowest BCUT2D eigenvalue weighted by atomic mass is 9.89. The highest BCUT2D eigenvalue weighted by Gasteiger charge is 2.17. The second-order valence-electron chi connectivity index (χ2n) is 4.87. The van der Waals surface area contributed by atoms with Crippen molar-refractivity contribution in [3.8, 4) is 0 Å². The Hall–Kier alpha value is -1.57. The van der Waals surface area contributed by atoms with Crippen LogP contribution in [0.2, 0.25) is 0 Å². The Morgan fingerprint density at radius 2 is 2.06 bits per heavy atom. The van der Waals surface area contributed by atoms with E-state index in [2.05, 4.69) is 37.9 Å². The Morgan fingerprint density at radius 3 is 2.61 bits per heavy atom. The van der Waals surface area contributed by atoms with Gasteiger partial charge in [0.15, 0.2) is 0 Å². The third kappa shape index (κ3) is 4.74. The van der Waals surface area contributed by atoms with Crippen LogP contribution in [0.1, 0.15) is 32.3 Å². The molecule has 0 heterocycles. The molecule has 2 heteroatoms. The van der Waals surface area contributed by atoms with Gasteiger partial charge in [-0.3, -0.25) is 4.79 Å². The van der Waals surface area contributed by atoms with Gasteiger partial charge in [0, 0.05) is 6.04 Å². The van der Waals surface area contributed by atoms with E-state index in [1.54, 1.807) is 0 Å². The molecule has 0 aliphatic heterocycles. The fourth-order valence-corrected chi connectivity index (χ4v) is 2.12. The monoisotopic (exact) mass is 245 g/mol. The smallest absolute Gasteiger partial charge is 0.207 e. The average molecular weight is 245 g/mol. The van der Waals surface area contributed by atoms with Crippen LogP contribution in [0.3, 0.4) is 0 Å². The lowest BCUT2D eigenvalue weighted by Gasteiger charge is -2.24. The minimum Gasteiger partial charge on any atom is -0.355 e. The summed E-state index contributed by atoms with van der Waals surface area (Å²) in [5.74, 6) is 0.405. The van der Waals surface area contributed by atoms with E-state index < -0.39 is 0 Å². The molecule has 0 fully saturated rings. The summed E-state index contributed by atoms with van der Waals surface area (Å²) in [5.41, 5.74) is 2.50. The van der Waals surface area contributed by atoms with Crippen LogP contribution in [0.25, 0.3) is 0 Å². The van der Waals surface area contributed by atoms with E-state index in [4.69, 9.17) is 0 Å². The van der Waals surface area contributed by atoms with Crippen molar-refractivity contribution in [2.24, 2.45) is 5.92 Å². The van der Waals surface area contributed by atoms with Gasteiger partial charge in [0.2, 0.25) is 6.41 Å². The molecule has 1 aromatic carbocycles. The quantitative estimate of drug-likeness (QED) is 0.552. The first-order valence-corrected chi connectivity index (χ1v) is 6.57. The van der Waals surface area contributed by atoms with Crippen LogP contribution in [-0.4, -0.2) is 12.5 Å². The number of benzene rings is 1. The topological polar surface area (TPSA) is 29.1 Å². The van der Waals surface area contributed by atoms with Crippen molar-refractivity contribution in [2.45, 2.75) is 39.2 Å². The second kappa shape index (κ2) is 7.70. The summed E-state index contributed by atoms with van der Waals surface area (Å²) in [7, 11) is 0. The minimum atomic E-state index is 0.174. The Kier molecular flexibility index (Phi) is 6.20. The fourth-order valence-electron chi connectivity index (χ4n) is 2.12. The molecule has 2 nitrogen and oxygen atoms in total. The molecule has 98 valence electrons. The van der Waals surface area contributed by atoms with Crippen molar-refractivity contribution >= 4 is 6.41 Å². The summed E-state index contributed by atoms with van der Waals surface area (Å²) in [6, 6.07) is 10.4. The van der Waals surface area contributed by atoms with Gasteiger partial charge < -0.3 is 5.32 Å². The number of amides is 1. The molecule has 2 atom stereocenters. The predicted molar refractivity (Wildman–Crippen MR) is 76.3 cm³/mol. The minimum absolute atomic E-state index is 0.174. The molecule has 0 saturated heterocycles. The number of rotatable bonds is 8. The van der Waals surface area contributed by atoms with Gasteiger partial charge in [-0.2, -0.15) is 0 Å². The van der Waals surface area contributed by atoms with Gasteiger partial charge in [0.25, 0.3) is 0 Å². The van der Waals surface area contributed by atoms with E-state index in [1.807, 2.05) is 18.2 Å². The molecule has 0 spiro atoms. The molecular formula is C16H23NO. The molecular weight excluding hydrogens is 222 g/mol. The predicted octanol–water partition coefficient (Wildman–Crippen LogP) is 3.34. The molecule has 0 radical (unpaired) electrons. The van der Waals surface area contributed by atoms with E-state index in [0.717, 1.165) is 25.7 Å². The van der Waals surface area contributed by atoms with Crippen LogP contribution >= 0.6 is 0 Å². The molecule has 1 amide bonds. The van der Waals surface area contributed by atoms with Gasteiger partial charge in [0.1, 0.15) is 0 Å². The molecule has 0 aromatic heterocycles. The van der Waals surface area contributed by atoms with Crippen molar-refractivity contribution in [3.05, 3.63) is 48.0 Å². The number of allylic oxidation sites excluding steroid dienone is 1. The van der Waals surface area contributed by atoms with E-state index >= 15 is 0 Å². The van der Waals surface area contributed by atoms with Crippen molar-refractivity contribution in [3.63, 3.8) is 0 Å². The molecule has 0 bridgehead atoms. The summed E-state index contributed by atoms with van der Waals surface area (Å²) < 4.78 is 0. The largest absolute Gasteiger partial charge is 0.355 e. The Morgan fingerprint density at radius 1 is 1.39 bits per heavy atom. The van der Waals surface area contributed by atoms with Crippen LogP contribution in [-0.2, 0) is 11.2 Å². The van der Waals surface area contributed by atoms with Crippen LogP contribution in [0, 0.1) is 5.92 Å². The highest BCUT2D eigenvalue weighted by molar-refractivity contribution is 5.47. The highest BCUT2D eigenvalue weighted by atomic mass is 16.1. The van der Waals surface area contributed by atoms with Crippen molar-refractivity contribution in [2.75, 3.05) is 0 Å². The molecule has 1 N–H and O–H groups in total. The van der Waals surface area contributed by atoms with Gasteiger partial charge in [-0.05, 0) is 30.7 Å². The molecule has 18 heavy (non-hydrogen) atoms. The first kappa shape index (κ1) is 14.5. The van der Waals surface area contributed by atoms with Gasteiger partial charge in [-0.1, -0.05) is 56.3 Å². The van der Waals surface area contributed by atoms with Gasteiger partial charge >= 0.3 is 0 Å². The van der Waals surface area contributed by atoms with Gasteiger partial charge in [0.05, 0.1) is 0 Å². The number of hydrogen-bond donors (Lipinski definition) is 1. The molecule has 1 rings (SSSR count). The first-order valence-electron chi connectivity index (χ1n) is 6.57. The maximum Gasteiger partial charge on any atom is 0.207 e. The zero-order chi connectivity index (χ0) is 13.4. The summed E-state index contributed by atoms with van der Waals surface area (Å²) in [6.07, 6.45) is 3.65. The maximum atomic E-state index is 10.7. The zero-order valence-electron chi connectivity index (χ0n) is 11.4. The summed E-state index contributed by atoms with van der Waals surface area (Å²) in [5, 5.41) is 2.94. The maximum absolute atomic E-state index is 10.7. The molecule has 0 aliphatic rings. The van der Waals surface area contributed by atoms with Crippen molar-refractivity contribution in [1.82, 2.24) is 5.32 Å². The van der Waals surface area contributed by atoms with E-state index in [0.29, 0.717) is 5.92 Å². The average Bonchev–Trinajstić information content (AvgIpc) is 2.39. The van der Waals surface area contributed by atoms with Gasteiger partial charge in [-0.15, -0.1) is 0 Å². The molecule has 1 unspecified atom stereocenters. The van der Waals surface area contributed by atoms with Crippen LogP contribution in [0.5, 0.6) is 0 Å². The van der Waals surface area contributed by atoms with E-state index in [9.17, 15) is 4.79 Å². The number of carbonyl (C=O) groups is 1. The fraction of sp³-hybridized carbons (Fsp3) is 0.438. The lowest BCUT2D eigenvalue weighted by Crippen LogP contribution is -2.36. The van der Waals surface area contributed by atoms with Crippen LogP contribution < -0.4 is 5.32 Å². The van der Waals surface area contributed by atoms with Crippen molar-refractivity contribution < 1.29 is 4.79 Å². The van der Waals surface area contributed by atoms with Crippen LogP contribution in [0.4, 0.5) is 0 Å². The van der Waals surface area contributed by atoms with E-state index in [-0.39, 0.29) is 6.04 Å². The Balaban J connectivity index is 2.64.